The monoisotopic (exact) mass is 278 g/mol. The first-order chi connectivity index (χ1) is 6.97. The van der Waals surface area contributed by atoms with Crippen LogP contribution in [-0.2, 0) is 4.43 Å². The molecular weight excluding hydrogens is 248 g/mol. The van der Waals surface area contributed by atoms with Crippen molar-refractivity contribution in [2.24, 2.45) is 0 Å². The fraction of sp³-hybridized carbons (Fsp3) is 1.00. The van der Waals surface area contributed by atoms with Crippen molar-refractivity contribution in [3.63, 3.8) is 0 Å². The largest absolute Gasteiger partial charge is 0.432 e. The molecule has 0 aromatic carbocycles. The quantitative estimate of drug-likeness (QED) is 0.726. The van der Waals surface area contributed by atoms with E-state index >= 15 is 0 Å². The van der Waals surface area contributed by atoms with E-state index in [9.17, 15) is 4.80 Å². The van der Waals surface area contributed by atoms with Crippen LogP contribution in [-0.4, -0.2) is 36.2 Å². The lowest BCUT2D eigenvalue weighted by atomic mass is 10.3. The van der Waals surface area contributed by atoms with Crippen LogP contribution in [0.25, 0.3) is 0 Å². The Hall–Kier alpha value is 0.571. The smallest absolute Gasteiger partial charge is 0.184 e. The van der Waals surface area contributed by atoms with Crippen molar-refractivity contribution in [2.45, 2.75) is 70.3 Å². The van der Waals surface area contributed by atoms with Crippen molar-refractivity contribution in [3.8, 4) is 0 Å². The summed E-state index contributed by atoms with van der Waals surface area (Å²) in [5.74, 6) is 0. The summed E-state index contributed by atoms with van der Waals surface area (Å²) < 4.78 is 6.32. The van der Waals surface area contributed by atoms with Crippen LogP contribution in [0.3, 0.4) is 0 Å². The van der Waals surface area contributed by atoms with Crippen LogP contribution in [0.1, 0.15) is 20.3 Å². The van der Waals surface area contributed by atoms with E-state index in [1.165, 1.54) is 6.04 Å². The molecule has 0 rings (SSSR count). The van der Waals surface area contributed by atoms with Gasteiger partial charge >= 0.3 is 0 Å². The fourth-order valence-corrected chi connectivity index (χ4v) is 10.5. The van der Waals surface area contributed by atoms with Crippen LogP contribution in [0.2, 0.25) is 44.8 Å². The zero-order valence-corrected chi connectivity index (χ0v) is 15.6. The minimum absolute atomic E-state index is 0.157. The first-order valence-electron chi connectivity index (χ1n) is 6.40. The van der Waals surface area contributed by atoms with Crippen LogP contribution in [0.4, 0.5) is 0 Å². The number of hydrogen-bond donors (Lipinski definition) is 1. The molecule has 1 N–H and O–H groups in total. The molecule has 0 amide bonds. The van der Waals surface area contributed by atoms with Gasteiger partial charge in [-0.25, -0.2) is 0 Å². The maximum absolute atomic E-state index is 9.85. The van der Waals surface area contributed by atoms with E-state index in [0.717, 1.165) is 12.5 Å². The van der Waals surface area contributed by atoms with Gasteiger partial charge in [0, 0.05) is 5.22 Å². The molecule has 0 aliphatic rings. The van der Waals surface area contributed by atoms with Gasteiger partial charge in [0.25, 0.3) is 0 Å². The average Bonchev–Trinajstić information content (AvgIpc) is 1.98. The van der Waals surface area contributed by atoms with E-state index in [1.807, 2.05) is 13.1 Å². The van der Waals surface area contributed by atoms with Gasteiger partial charge in [0.05, 0.1) is 9.52 Å². The van der Waals surface area contributed by atoms with Gasteiger partial charge in [-0.05, 0) is 52.1 Å². The van der Waals surface area contributed by atoms with Crippen molar-refractivity contribution in [2.75, 3.05) is 0 Å². The molecule has 0 fully saturated rings. The lowest BCUT2D eigenvalue weighted by Gasteiger charge is -2.36. The molecule has 1 atom stereocenters. The van der Waals surface area contributed by atoms with Crippen LogP contribution < -0.4 is 0 Å². The highest BCUT2D eigenvalue weighted by Gasteiger charge is 2.30. The normalized spacial score (nSPS) is 18.0. The molecule has 0 saturated carbocycles. The molecule has 2 nitrogen and oxygen atoms in total. The molecule has 0 saturated heterocycles. The molecule has 0 aromatic rings. The highest BCUT2D eigenvalue weighted by atomic mass is 28.4. The van der Waals surface area contributed by atoms with Gasteiger partial charge in [-0.1, -0.05) is 13.0 Å². The van der Waals surface area contributed by atoms with Crippen LogP contribution >= 0.6 is 0 Å². The van der Waals surface area contributed by atoms with Crippen molar-refractivity contribution >= 4 is 26.2 Å². The Bertz CT molecular complexity index is 208. The minimum Gasteiger partial charge on any atom is -0.432 e. The summed E-state index contributed by atoms with van der Waals surface area (Å²) >= 11 is 0. The van der Waals surface area contributed by atoms with Crippen molar-refractivity contribution in [3.05, 3.63) is 0 Å². The maximum Gasteiger partial charge on any atom is 0.184 e. The second kappa shape index (κ2) is 5.95. The summed E-state index contributed by atoms with van der Waals surface area (Å²) in [7, 11) is -3.51. The zero-order chi connectivity index (χ0) is 13.0. The lowest BCUT2D eigenvalue weighted by Crippen LogP contribution is -2.44. The van der Waals surface area contributed by atoms with Crippen LogP contribution in [0.5, 0.6) is 0 Å². The molecule has 0 aliphatic heterocycles. The molecule has 0 heterocycles. The summed E-state index contributed by atoms with van der Waals surface area (Å²) in [5.41, 5.74) is 0. The van der Waals surface area contributed by atoms with Gasteiger partial charge in [-0.15, -0.1) is 0 Å². The average molecular weight is 279 g/mol. The first-order valence-corrected chi connectivity index (χ1v) is 14.7. The molecule has 0 radical (unpaired) electrons. The zero-order valence-electron chi connectivity index (χ0n) is 12.2. The lowest BCUT2D eigenvalue weighted by molar-refractivity contribution is 0.160. The Morgan fingerprint density at radius 3 is 2.00 bits per heavy atom. The summed E-state index contributed by atoms with van der Waals surface area (Å²) in [6.07, 6.45) is 1.12. The van der Waals surface area contributed by atoms with Gasteiger partial charge in [0.15, 0.2) is 16.6 Å². The summed E-state index contributed by atoms with van der Waals surface area (Å²) in [5, 5.41) is 0.157. The maximum atomic E-state index is 9.85. The Morgan fingerprint density at radius 1 is 1.19 bits per heavy atom. The fourth-order valence-electron chi connectivity index (χ4n) is 1.93. The Labute approximate surface area is 106 Å². The third-order valence-electron chi connectivity index (χ3n) is 2.79. The Balaban J connectivity index is 4.18. The molecule has 0 spiro atoms. The molecule has 0 aromatic heterocycles. The SMILES string of the molecule is CCC(C)(O[Si](C)(C)C)[SiH2]CC[Si](C)(C)O. The minimum atomic E-state index is -1.84. The highest BCUT2D eigenvalue weighted by Crippen LogP contribution is 2.23. The molecule has 1 unspecified atom stereocenters. The van der Waals surface area contributed by atoms with Gasteiger partial charge in [-0.3, -0.25) is 0 Å². The van der Waals surface area contributed by atoms with E-state index < -0.39 is 16.6 Å². The van der Waals surface area contributed by atoms with Crippen LogP contribution in [0, 0.1) is 0 Å². The summed E-state index contributed by atoms with van der Waals surface area (Å²) in [6, 6.07) is 2.27. The van der Waals surface area contributed by atoms with E-state index in [2.05, 4.69) is 33.5 Å². The molecule has 98 valence electrons. The summed E-state index contributed by atoms with van der Waals surface area (Å²) in [6.45, 7) is 15.4. The molecule has 5 heteroatoms. The number of rotatable bonds is 7. The van der Waals surface area contributed by atoms with E-state index in [0.29, 0.717) is 0 Å². The number of hydrogen-bond acceptors (Lipinski definition) is 2. The second-order valence-corrected chi connectivity index (χ2v) is 17.9. The third kappa shape index (κ3) is 8.69. The topological polar surface area (TPSA) is 29.5 Å². The van der Waals surface area contributed by atoms with Gasteiger partial charge < -0.3 is 9.22 Å². The molecule has 0 bridgehead atoms. The van der Waals surface area contributed by atoms with Crippen molar-refractivity contribution in [1.29, 1.82) is 0 Å². The van der Waals surface area contributed by atoms with E-state index in [1.54, 1.807) is 0 Å². The molecular formula is C11H30O2Si3. The van der Waals surface area contributed by atoms with E-state index in [4.69, 9.17) is 4.43 Å². The van der Waals surface area contributed by atoms with Crippen molar-refractivity contribution in [1.82, 2.24) is 0 Å². The third-order valence-corrected chi connectivity index (χ3v) is 8.88. The summed E-state index contributed by atoms with van der Waals surface area (Å²) in [4.78, 5) is 9.85. The van der Waals surface area contributed by atoms with E-state index in [-0.39, 0.29) is 14.7 Å². The van der Waals surface area contributed by atoms with Crippen molar-refractivity contribution < 1.29 is 9.22 Å². The second-order valence-electron chi connectivity index (χ2n) is 6.68. The molecule has 0 aliphatic carbocycles. The van der Waals surface area contributed by atoms with Gasteiger partial charge in [-0.2, -0.15) is 0 Å². The Morgan fingerprint density at radius 2 is 1.69 bits per heavy atom. The van der Waals surface area contributed by atoms with Gasteiger partial charge in [0.2, 0.25) is 0 Å². The predicted molar refractivity (Wildman–Crippen MR) is 81.0 cm³/mol. The predicted octanol–water partition coefficient (Wildman–Crippen LogP) is 2.75. The molecule has 16 heavy (non-hydrogen) atoms. The highest BCUT2D eigenvalue weighted by molar-refractivity contribution is 6.71. The first kappa shape index (κ1) is 16.6. The van der Waals surface area contributed by atoms with Gasteiger partial charge in [0.1, 0.15) is 0 Å². The standard InChI is InChI=1S/C11H30O2Si3/c1-8-11(2,13-15(3,4)5)14-9-10-16(6,7)12/h12H,8-10,14H2,1-7H3. The Kier molecular flexibility index (Phi) is 6.16. The van der Waals surface area contributed by atoms with Crippen LogP contribution in [0.15, 0.2) is 0 Å².